The Balaban J connectivity index is 0.000000226. The van der Waals surface area contributed by atoms with Gasteiger partial charge in [-0.1, -0.05) is 18.2 Å². The number of pyridine rings is 1. The van der Waals surface area contributed by atoms with Crippen molar-refractivity contribution in [1.82, 2.24) is 14.8 Å². The first-order valence-electron chi connectivity index (χ1n) is 18.8. The second-order valence-corrected chi connectivity index (χ2v) is 16.0. The zero-order valence-corrected chi connectivity index (χ0v) is 33.0. The number of hydrogen-bond donors (Lipinski definition) is 8. The van der Waals surface area contributed by atoms with E-state index >= 15 is 0 Å². The van der Waals surface area contributed by atoms with Crippen LogP contribution in [0.25, 0.3) is 10.9 Å². The first-order valence-corrected chi connectivity index (χ1v) is 18.8. The maximum Gasteiger partial charge on any atom is 0.255 e. The van der Waals surface area contributed by atoms with E-state index in [9.17, 15) is 50.1 Å². The Morgan fingerprint density at radius 1 is 1.12 bits per heavy atom. The molecule has 0 saturated carbocycles. The number of aliphatic hydroxyl groups is 6. The third-order valence-electron chi connectivity index (χ3n) is 12.9. The van der Waals surface area contributed by atoms with Crippen molar-refractivity contribution >= 4 is 28.4 Å². The number of rotatable bonds is 6. The quantitative estimate of drug-likeness (QED) is 0.122. The molecule has 1 amide bonds. The average Bonchev–Trinajstić information content (AvgIpc) is 3.18. The van der Waals surface area contributed by atoms with Gasteiger partial charge in [-0.3, -0.25) is 29.2 Å². The van der Waals surface area contributed by atoms with Gasteiger partial charge in [-0.05, 0) is 93.7 Å². The molecule has 318 valence electrons. The number of aromatic nitrogens is 1. The van der Waals surface area contributed by atoms with Crippen molar-refractivity contribution in [3.8, 4) is 11.5 Å². The van der Waals surface area contributed by atoms with E-state index < -0.39 is 87.2 Å². The molecule has 59 heavy (non-hydrogen) atoms. The average molecular weight is 821 g/mol. The minimum absolute atomic E-state index is 0. The molecular weight excluding hydrogens is 768 g/mol. The molecule has 3 aliphatic heterocycles. The summed E-state index contributed by atoms with van der Waals surface area (Å²) in [4.78, 5) is 46.7. The van der Waals surface area contributed by atoms with Gasteiger partial charge in [0.15, 0.2) is 11.4 Å². The molecule has 0 spiro atoms. The number of phenolic OH excluding ortho intramolecular Hbond substituents is 1. The summed E-state index contributed by atoms with van der Waals surface area (Å²) in [6.07, 6.45) is 3.75. The van der Waals surface area contributed by atoms with Crippen LogP contribution in [0.5, 0.6) is 11.5 Å². The van der Waals surface area contributed by atoms with Crippen molar-refractivity contribution in [2.75, 3.05) is 34.3 Å². The van der Waals surface area contributed by atoms with Gasteiger partial charge in [0.1, 0.15) is 28.6 Å². The molecule has 3 aromatic rings. The summed E-state index contributed by atoms with van der Waals surface area (Å²) in [7, 11) is 4.52. The molecule has 0 unspecified atom stereocenters. The number of hydrogen-bond acceptors (Lipinski definition) is 14. The predicted octanol–water partition coefficient (Wildman–Crippen LogP) is 0.280. The number of nitrogens with two attached hydrogens (primary N) is 1. The van der Waals surface area contributed by atoms with Crippen molar-refractivity contribution in [3.63, 3.8) is 0 Å². The highest BCUT2D eigenvalue weighted by Crippen LogP contribution is 2.56. The number of piperidine rings is 3. The summed E-state index contributed by atoms with van der Waals surface area (Å²) >= 11 is 0. The van der Waals surface area contributed by atoms with Crippen molar-refractivity contribution in [2.45, 2.75) is 55.3 Å². The Labute approximate surface area is 339 Å². The number of Topliss-reactive ketones (excluding diaryl/α,β-unsaturated/α-hetero) is 2. The molecule has 2 aromatic carbocycles. The standard InChI is InChI=1S/C22H24N2O9.C20H24N2O2.2H2O/c1-21(32)7-5-4-6-8(25)9(7)15(26)10-12(21)17(28)13-14(24(2)3)16(27)11(20(23)31)19(30)22(13,33)18(10)29;1-3-13-12-22-9-7-14(13)10-19(22)20(23)16-6-8-21-18-5-4-15(24-2)11-17(16)18;;/h4-6,12-14,17,25,27-29,32-33H,1-3H3,(H2,23,31);3-6,8,11,13-14,19-20,23H,1,7,9-10,12H2,2H3;2*1H2/t12-,13-,14+,17+,21-,22+;13-,14-,19+,20-;;/m10../s1. The summed E-state index contributed by atoms with van der Waals surface area (Å²) in [5.74, 6) is -7.66. The Morgan fingerprint density at radius 3 is 2.41 bits per heavy atom. The second kappa shape index (κ2) is 16.1. The fourth-order valence-corrected chi connectivity index (χ4v) is 10.0. The number of carbonyl (C=O) groups excluding carboxylic acids is 3. The maximum atomic E-state index is 13.3. The van der Waals surface area contributed by atoms with Gasteiger partial charge >= 0.3 is 0 Å². The van der Waals surface area contributed by atoms with Crippen LogP contribution >= 0.6 is 0 Å². The van der Waals surface area contributed by atoms with Crippen LogP contribution in [0.3, 0.4) is 0 Å². The molecule has 17 nitrogen and oxygen atoms in total. The molecule has 11 atom stereocenters. The molecule has 17 heteroatoms. The molecule has 9 rings (SSSR count). The number of phenols is 1. The molecule has 2 bridgehead atoms. The van der Waals surface area contributed by atoms with E-state index in [2.05, 4.69) is 22.5 Å². The monoisotopic (exact) mass is 820 g/mol. The summed E-state index contributed by atoms with van der Waals surface area (Å²) in [5, 5.41) is 78.6. The molecular formula is C42H52N4O13. The van der Waals surface area contributed by atoms with Crippen molar-refractivity contribution in [1.29, 1.82) is 0 Å². The first-order chi connectivity index (χ1) is 26.9. The number of fused-ring (bicyclic) bond motifs is 7. The van der Waals surface area contributed by atoms with Crippen LogP contribution in [-0.4, -0.2) is 137 Å². The van der Waals surface area contributed by atoms with Crippen LogP contribution in [0.15, 0.2) is 84.0 Å². The van der Waals surface area contributed by atoms with Crippen LogP contribution in [0.1, 0.15) is 47.4 Å². The van der Waals surface area contributed by atoms with E-state index in [0.29, 0.717) is 11.8 Å². The van der Waals surface area contributed by atoms with E-state index in [4.69, 9.17) is 10.5 Å². The summed E-state index contributed by atoms with van der Waals surface area (Å²) in [5.41, 5.74) is -0.0348. The number of benzene rings is 2. The normalized spacial score (nSPS) is 32.4. The fourth-order valence-electron chi connectivity index (χ4n) is 10.0. The molecule has 4 heterocycles. The number of likely N-dealkylation sites (N-methyl/N-ethyl adjacent to an activating group) is 1. The van der Waals surface area contributed by atoms with Gasteiger partial charge in [-0.25, -0.2) is 0 Å². The molecule has 0 radical (unpaired) electrons. The number of ketones is 2. The van der Waals surface area contributed by atoms with Crippen molar-refractivity contribution in [2.24, 2.45) is 29.4 Å². The lowest BCUT2D eigenvalue weighted by Crippen LogP contribution is -2.70. The van der Waals surface area contributed by atoms with Crippen LogP contribution in [-0.2, 0) is 15.2 Å². The van der Waals surface area contributed by atoms with E-state index in [1.165, 1.54) is 50.5 Å². The Bertz CT molecular complexity index is 2260. The van der Waals surface area contributed by atoms with E-state index in [0.717, 1.165) is 41.7 Å². The van der Waals surface area contributed by atoms with Gasteiger partial charge in [0.25, 0.3) is 5.91 Å². The molecule has 3 aliphatic carbocycles. The highest BCUT2D eigenvalue weighted by Gasteiger charge is 2.69. The zero-order chi connectivity index (χ0) is 41.5. The van der Waals surface area contributed by atoms with Crippen molar-refractivity contribution in [3.05, 3.63) is 101 Å². The number of primary amides is 1. The minimum atomic E-state index is -3.02. The molecule has 6 aliphatic rings. The smallest absolute Gasteiger partial charge is 0.255 e. The zero-order valence-electron chi connectivity index (χ0n) is 33.0. The summed E-state index contributed by atoms with van der Waals surface area (Å²) in [6, 6.07) is 10.5. The summed E-state index contributed by atoms with van der Waals surface area (Å²) in [6.45, 7) is 7.32. The maximum absolute atomic E-state index is 13.3. The number of ether oxygens (including phenoxy) is 1. The third-order valence-corrected chi connectivity index (χ3v) is 12.9. The number of amides is 1. The number of aliphatic hydroxyl groups excluding tert-OH is 4. The Hall–Kier alpha value is -5.24. The molecule has 13 N–H and O–H groups in total. The fraction of sp³-hybridized carbons (Fsp3) is 0.429. The van der Waals surface area contributed by atoms with Gasteiger partial charge < -0.3 is 57.2 Å². The first kappa shape index (κ1) is 44.9. The number of aromatic hydroxyl groups is 1. The number of methoxy groups -OCH3 is 1. The lowest BCUT2D eigenvalue weighted by molar-refractivity contribution is -0.173. The van der Waals surface area contributed by atoms with Crippen LogP contribution < -0.4 is 10.5 Å². The number of nitrogens with zero attached hydrogens (tertiary/aromatic N) is 3. The highest BCUT2D eigenvalue weighted by atomic mass is 16.5. The van der Waals surface area contributed by atoms with Gasteiger partial charge in [0, 0.05) is 24.2 Å². The van der Waals surface area contributed by atoms with E-state index in [-0.39, 0.29) is 28.1 Å². The van der Waals surface area contributed by atoms with Gasteiger partial charge in [-0.15, -0.1) is 6.58 Å². The summed E-state index contributed by atoms with van der Waals surface area (Å²) < 4.78 is 5.35. The van der Waals surface area contributed by atoms with Crippen LogP contribution in [0, 0.1) is 23.7 Å². The Kier molecular flexibility index (Phi) is 12.2. The van der Waals surface area contributed by atoms with Crippen molar-refractivity contribution < 1.29 is 65.8 Å². The highest BCUT2D eigenvalue weighted by molar-refractivity contribution is 6.25. The van der Waals surface area contributed by atoms with Crippen LogP contribution in [0.4, 0.5) is 0 Å². The Morgan fingerprint density at radius 2 is 1.81 bits per heavy atom. The minimum Gasteiger partial charge on any atom is -0.510 e. The predicted molar refractivity (Wildman–Crippen MR) is 213 cm³/mol. The lowest BCUT2D eigenvalue weighted by Gasteiger charge is -2.55. The largest absolute Gasteiger partial charge is 0.510 e. The van der Waals surface area contributed by atoms with Crippen LogP contribution in [0.2, 0.25) is 0 Å². The van der Waals surface area contributed by atoms with E-state index in [1.807, 2.05) is 24.3 Å². The molecule has 3 saturated heterocycles. The second-order valence-electron chi connectivity index (χ2n) is 16.0. The van der Waals surface area contributed by atoms with Gasteiger partial charge in [0.2, 0.25) is 5.78 Å². The molecule has 1 aromatic heterocycles. The SMILES string of the molecule is C=C[C@H]1C[N@]2CC[C@H]1C[C@@H]2[C@@H](O)c1ccnc2ccc(OC)cc12.CN(C)[C@@H]1C(O)=C(C(N)=O)C(=O)[C@@]2(O)C(O)=C3C(=O)c4c(O)cccc4[C@@](C)(O)[C@H]3[C@H](O)[C@@H]12.O.O. The number of carbonyl (C=O) groups is 3. The lowest BCUT2D eigenvalue weighted by atomic mass is 9.54. The van der Waals surface area contributed by atoms with E-state index in [1.54, 1.807) is 13.3 Å². The molecule has 3 fully saturated rings. The van der Waals surface area contributed by atoms with Gasteiger partial charge in [-0.2, -0.15) is 0 Å². The third kappa shape index (κ3) is 6.67. The van der Waals surface area contributed by atoms with Gasteiger partial charge in [0.05, 0.1) is 59.4 Å². The topological polar surface area (TPSA) is 310 Å².